The summed E-state index contributed by atoms with van der Waals surface area (Å²) in [5, 5.41) is 0. The van der Waals surface area contributed by atoms with Gasteiger partial charge in [0.15, 0.2) is 0 Å². The number of likely N-dealkylation sites (tertiary alicyclic amines) is 1. The van der Waals surface area contributed by atoms with Crippen molar-refractivity contribution in [3.63, 3.8) is 0 Å². The van der Waals surface area contributed by atoms with Crippen LogP contribution in [0.5, 0.6) is 0 Å². The molecule has 3 nitrogen and oxygen atoms in total. The third-order valence-corrected chi connectivity index (χ3v) is 3.56. The number of carbonyl (C=O) groups is 1. The Hall–Kier alpha value is -1.34. The number of halogens is 5. The highest BCUT2D eigenvalue weighted by Crippen LogP contribution is 2.39. The van der Waals surface area contributed by atoms with Crippen molar-refractivity contribution in [2.75, 3.05) is 6.54 Å². The van der Waals surface area contributed by atoms with E-state index >= 15 is 0 Å². The van der Waals surface area contributed by atoms with Crippen LogP contribution in [0.1, 0.15) is 52.9 Å². The summed E-state index contributed by atoms with van der Waals surface area (Å²) >= 11 is 0. The van der Waals surface area contributed by atoms with Crippen molar-refractivity contribution in [3.8, 4) is 0 Å². The molecule has 0 saturated carbocycles. The van der Waals surface area contributed by atoms with Gasteiger partial charge in [-0.25, -0.2) is 4.79 Å². The molecule has 0 bridgehead atoms. The fourth-order valence-corrected chi connectivity index (χ4v) is 2.38. The zero-order chi connectivity index (χ0) is 18.6. The average Bonchev–Trinajstić information content (AvgIpc) is 2.83. The molecule has 1 aliphatic heterocycles. The summed E-state index contributed by atoms with van der Waals surface area (Å²) in [5.74, 6) is -4.66. The van der Waals surface area contributed by atoms with E-state index in [4.69, 9.17) is 4.74 Å². The monoisotopic (exact) mass is 357 g/mol. The highest BCUT2D eigenvalue weighted by atomic mass is 19.4. The van der Waals surface area contributed by atoms with Crippen LogP contribution in [0.3, 0.4) is 0 Å². The van der Waals surface area contributed by atoms with Crippen LogP contribution in [0.4, 0.5) is 26.7 Å². The molecular weight excluding hydrogens is 333 g/mol. The number of alkyl halides is 5. The molecule has 0 aromatic carbocycles. The lowest BCUT2D eigenvalue weighted by Crippen LogP contribution is -2.39. The van der Waals surface area contributed by atoms with E-state index in [-0.39, 0.29) is 18.9 Å². The van der Waals surface area contributed by atoms with Gasteiger partial charge in [-0.2, -0.15) is 22.0 Å². The van der Waals surface area contributed by atoms with Crippen molar-refractivity contribution < 1.29 is 31.5 Å². The van der Waals surface area contributed by atoms with Crippen LogP contribution in [0.2, 0.25) is 0 Å². The number of nitrogens with zero attached hydrogens (tertiary/aromatic N) is 1. The minimum absolute atomic E-state index is 0.102. The predicted octanol–water partition coefficient (Wildman–Crippen LogP) is 5.31. The fourth-order valence-electron chi connectivity index (χ4n) is 2.38. The number of hydrogen-bond acceptors (Lipinski definition) is 2. The van der Waals surface area contributed by atoms with Crippen molar-refractivity contribution in [1.82, 2.24) is 4.90 Å². The predicted molar refractivity (Wildman–Crippen MR) is 80.0 cm³/mol. The largest absolute Gasteiger partial charge is 0.453 e. The Morgan fingerprint density at radius 3 is 2.38 bits per heavy atom. The molecule has 1 fully saturated rings. The first kappa shape index (κ1) is 20.7. The third kappa shape index (κ3) is 6.28. The maximum atomic E-state index is 12.8. The van der Waals surface area contributed by atoms with Crippen molar-refractivity contribution in [2.24, 2.45) is 0 Å². The molecule has 1 aliphatic rings. The molecule has 0 spiro atoms. The van der Waals surface area contributed by atoms with Gasteiger partial charge in [0, 0.05) is 13.0 Å². The maximum Gasteiger partial charge on any atom is 0.453 e. The fraction of sp³-hybridized carbons (Fsp3) is 0.812. The number of rotatable bonds is 5. The Bertz CT molecular complexity index is 454. The number of unbranched alkanes of at least 4 members (excludes halogenated alkanes) is 1. The standard InChI is InChI=1S/C16H24F5NO2/c1-14(2,3)24-13(23)22-11-7-9-12(22)8-5-4-6-10-15(17,18)16(19,20)21/h5,8,12H,4,6-7,9-11H2,1-3H3. The summed E-state index contributed by atoms with van der Waals surface area (Å²) in [7, 11) is 0. The minimum atomic E-state index is -5.50. The zero-order valence-corrected chi connectivity index (χ0v) is 14.1. The Balaban J connectivity index is 2.45. The van der Waals surface area contributed by atoms with E-state index in [1.165, 1.54) is 0 Å². The van der Waals surface area contributed by atoms with Gasteiger partial charge in [0.05, 0.1) is 6.04 Å². The van der Waals surface area contributed by atoms with E-state index in [1.54, 1.807) is 37.8 Å². The molecular formula is C16H24F5NO2. The summed E-state index contributed by atoms with van der Waals surface area (Å²) in [5.41, 5.74) is -0.614. The van der Waals surface area contributed by atoms with E-state index in [1.807, 2.05) is 0 Å². The number of carbonyl (C=O) groups excluding carboxylic acids is 1. The lowest BCUT2D eigenvalue weighted by molar-refractivity contribution is -0.284. The number of ether oxygens (including phenoxy) is 1. The van der Waals surface area contributed by atoms with Crippen LogP contribution >= 0.6 is 0 Å². The highest BCUT2D eigenvalue weighted by molar-refractivity contribution is 5.69. The first-order valence-electron chi connectivity index (χ1n) is 7.94. The van der Waals surface area contributed by atoms with E-state index in [2.05, 4.69) is 0 Å². The number of amides is 1. The van der Waals surface area contributed by atoms with E-state index in [0.29, 0.717) is 13.0 Å². The first-order valence-corrected chi connectivity index (χ1v) is 7.94. The summed E-state index contributed by atoms with van der Waals surface area (Å²) < 4.78 is 66.9. The average molecular weight is 357 g/mol. The topological polar surface area (TPSA) is 29.5 Å². The second-order valence-corrected chi connectivity index (χ2v) is 6.91. The van der Waals surface area contributed by atoms with Gasteiger partial charge >= 0.3 is 18.2 Å². The van der Waals surface area contributed by atoms with Crippen LogP contribution < -0.4 is 0 Å². The number of allylic oxidation sites excluding steroid dienone is 1. The Morgan fingerprint density at radius 1 is 1.21 bits per heavy atom. The highest BCUT2D eigenvalue weighted by Gasteiger charge is 2.56. The summed E-state index contributed by atoms with van der Waals surface area (Å²) in [6.07, 6.45) is -2.61. The van der Waals surface area contributed by atoms with Crippen molar-refractivity contribution in [1.29, 1.82) is 0 Å². The van der Waals surface area contributed by atoms with Crippen LogP contribution in [0, 0.1) is 0 Å². The zero-order valence-electron chi connectivity index (χ0n) is 14.1. The second kappa shape index (κ2) is 7.70. The maximum absolute atomic E-state index is 12.8. The molecule has 1 rings (SSSR count). The molecule has 0 aromatic rings. The number of hydrogen-bond donors (Lipinski definition) is 0. The quantitative estimate of drug-likeness (QED) is 0.379. The van der Waals surface area contributed by atoms with Crippen LogP contribution in [-0.2, 0) is 4.74 Å². The molecule has 0 N–H and O–H groups in total. The van der Waals surface area contributed by atoms with Gasteiger partial charge in [-0.05, 0) is 46.5 Å². The van der Waals surface area contributed by atoms with Gasteiger partial charge in [0.2, 0.25) is 0 Å². The third-order valence-electron chi connectivity index (χ3n) is 3.56. The molecule has 1 saturated heterocycles. The van der Waals surface area contributed by atoms with E-state index in [9.17, 15) is 26.7 Å². The van der Waals surface area contributed by atoms with E-state index in [0.717, 1.165) is 6.42 Å². The summed E-state index contributed by atoms with van der Waals surface area (Å²) in [6.45, 7) is 5.81. The van der Waals surface area contributed by atoms with Crippen LogP contribution in [-0.4, -0.2) is 41.3 Å². The van der Waals surface area contributed by atoms with Gasteiger partial charge in [-0.3, -0.25) is 0 Å². The molecule has 24 heavy (non-hydrogen) atoms. The molecule has 1 unspecified atom stereocenters. The van der Waals surface area contributed by atoms with Gasteiger partial charge in [-0.15, -0.1) is 0 Å². The lowest BCUT2D eigenvalue weighted by Gasteiger charge is -2.27. The molecule has 0 aliphatic carbocycles. The minimum Gasteiger partial charge on any atom is -0.444 e. The smallest absolute Gasteiger partial charge is 0.444 e. The van der Waals surface area contributed by atoms with Crippen molar-refractivity contribution in [3.05, 3.63) is 12.2 Å². The second-order valence-electron chi connectivity index (χ2n) is 6.91. The first-order chi connectivity index (χ1) is 10.8. The molecule has 0 radical (unpaired) electrons. The summed E-state index contributed by atoms with van der Waals surface area (Å²) in [4.78, 5) is 13.6. The lowest BCUT2D eigenvalue weighted by atomic mass is 10.1. The van der Waals surface area contributed by atoms with Crippen LogP contribution in [0.15, 0.2) is 12.2 Å². The normalized spacial score (nSPS) is 20.0. The van der Waals surface area contributed by atoms with Crippen molar-refractivity contribution in [2.45, 2.75) is 76.6 Å². The Kier molecular flexibility index (Phi) is 6.64. The van der Waals surface area contributed by atoms with E-state index < -0.39 is 30.2 Å². The molecule has 1 atom stereocenters. The Morgan fingerprint density at radius 2 is 1.83 bits per heavy atom. The Labute approximate surface area is 138 Å². The molecule has 140 valence electrons. The SMILES string of the molecule is CC(C)(C)OC(=O)N1CCCC1C=CCCCC(F)(F)C(F)(F)F. The summed E-state index contributed by atoms with van der Waals surface area (Å²) in [6, 6.07) is -0.206. The molecule has 0 aromatic heterocycles. The van der Waals surface area contributed by atoms with Crippen molar-refractivity contribution >= 4 is 6.09 Å². The molecule has 1 heterocycles. The molecule has 1 amide bonds. The van der Waals surface area contributed by atoms with Gasteiger partial charge in [0.25, 0.3) is 0 Å². The van der Waals surface area contributed by atoms with Gasteiger partial charge in [0.1, 0.15) is 5.60 Å². The van der Waals surface area contributed by atoms with Gasteiger partial charge in [-0.1, -0.05) is 12.2 Å². The van der Waals surface area contributed by atoms with Crippen LogP contribution in [0.25, 0.3) is 0 Å². The molecule has 8 heteroatoms. The van der Waals surface area contributed by atoms with Gasteiger partial charge < -0.3 is 9.64 Å².